The van der Waals surface area contributed by atoms with Gasteiger partial charge in [0, 0.05) is 12.1 Å². The Hall–Kier alpha value is -1.84. The van der Waals surface area contributed by atoms with E-state index in [0.29, 0.717) is 12.5 Å². The van der Waals surface area contributed by atoms with Gasteiger partial charge in [-0.1, -0.05) is 26.0 Å². The van der Waals surface area contributed by atoms with Crippen LogP contribution in [0, 0.1) is 0 Å². The van der Waals surface area contributed by atoms with E-state index in [1.165, 1.54) is 5.56 Å². The Balaban J connectivity index is 2.44. The lowest BCUT2D eigenvalue weighted by atomic mass is 9.99. The molecule has 0 bridgehead atoms. The Labute approximate surface area is 120 Å². The van der Waals surface area contributed by atoms with Crippen LogP contribution >= 0.6 is 0 Å². The fourth-order valence-electron chi connectivity index (χ4n) is 1.80. The van der Waals surface area contributed by atoms with E-state index in [4.69, 9.17) is 4.74 Å². The maximum atomic E-state index is 11.7. The van der Waals surface area contributed by atoms with Crippen molar-refractivity contribution in [2.24, 2.45) is 0 Å². The van der Waals surface area contributed by atoms with Gasteiger partial charge in [0.15, 0.2) is 0 Å². The fourth-order valence-corrected chi connectivity index (χ4v) is 1.80. The first kappa shape index (κ1) is 16.2. The standard InChI is InChI=1S/C16H23NO3/c1-4-12(3)13-6-8-14(9-7-13)17-15(18)10-11-16(19)20-5-2/h6-9,12H,4-5,10-11H2,1-3H3,(H,17,18). The van der Waals surface area contributed by atoms with Gasteiger partial charge in [0.05, 0.1) is 13.0 Å². The van der Waals surface area contributed by atoms with E-state index in [9.17, 15) is 9.59 Å². The first-order valence-electron chi connectivity index (χ1n) is 7.12. The van der Waals surface area contributed by atoms with Gasteiger partial charge >= 0.3 is 5.97 Å². The van der Waals surface area contributed by atoms with Crippen molar-refractivity contribution in [3.05, 3.63) is 29.8 Å². The molecule has 0 spiro atoms. The molecule has 4 nitrogen and oxygen atoms in total. The molecule has 0 aliphatic carbocycles. The van der Waals surface area contributed by atoms with Gasteiger partial charge in [0.1, 0.15) is 0 Å². The van der Waals surface area contributed by atoms with Gasteiger partial charge in [-0.3, -0.25) is 9.59 Å². The number of carbonyl (C=O) groups excluding carboxylic acids is 2. The molecule has 0 radical (unpaired) electrons. The summed E-state index contributed by atoms with van der Waals surface area (Å²) in [6, 6.07) is 7.83. The Kier molecular flexibility index (Phi) is 6.77. The highest BCUT2D eigenvalue weighted by molar-refractivity contribution is 5.92. The minimum atomic E-state index is -0.338. The molecule has 1 N–H and O–H groups in total. The Morgan fingerprint density at radius 2 is 1.80 bits per heavy atom. The number of nitrogens with one attached hydrogen (secondary N) is 1. The highest BCUT2D eigenvalue weighted by atomic mass is 16.5. The minimum Gasteiger partial charge on any atom is -0.466 e. The van der Waals surface area contributed by atoms with E-state index < -0.39 is 0 Å². The molecule has 1 unspecified atom stereocenters. The number of esters is 1. The molecule has 1 aromatic carbocycles. The van der Waals surface area contributed by atoms with Gasteiger partial charge in [-0.15, -0.1) is 0 Å². The molecule has 110 valence electrons. The van der Waals surface area contributed by atoms with Crippen LogP contribution in [0.15, 0.2) is 24.3 Å². The van der Waals surface area contributed by atoms with Crippen molar-refractivity contribution in [2.75, 3.05) is 11.9 Å². The zero-order valence-corrected chi connectivity index (χ0v) is 12.4. The van der Waals surface area contributed by atoms with Crippen LogP contribution in [0.2, 0.25) is 0 Å². The van der Waals surface area contributed by atoms with E-state index >= 15 is 0 Å². The van der Waals surface area contributed by atoms with Crippen LogP contribution in [0.25, 0.3) is 0 Å². The second kappa shape index (κ2) is 8.35. The van der Waals surface area contributed by atoms with Gasteiger partial charge in [0.25, 0.3) is 0 Å². The molecule has 1 rings (SSSR count). The molecule has 1 amide bonds. The molecule has 0 heterocycles. The van der Waals surface area contributed by atoms with Gasteiger partial charge in [0.2, 0.25) is 5.91 Å². The van der Waals surface area contributed by atoms with Crippen molar-refractivity contribution in [3.8, 4) is 0 Å². The quantitative estimate of drug-likeness (QED) is 0.776. The van der Waals surface area contributed by atoms with E-state index in [2.05, 4.69) is 19.2 Å². The lowest BCUT2D eigenvalue weighted by Crippen LogP contribution is -2.14. The van der Waals surface area contributed by atoms with Crippen LogP contribution in [0.5, 0.6) is 0 Å². The SMILES string of the molecule is CCOC(=O)CCC(=O)Nc1ccc(C(C)CC)cc1. The number of hydrogen-bond donors (Lipinski definition) is 1. The third-order valence-corrected chi connectivity index (χ3v) is 3.24. The van der Waals surface area contributed by atoms with Crippen LogP contribution < -0.4 is 5.32 Å². The summed E-state index contributed by atoms with van der Waals surface area (Å²) in [4.78, 5) is 22.8. The van der Waals surface area contributed by atoms with Crippen LogP contribution in [0.3, 0.4) is 0 Å². The summed E-state index contributed by atoms with van der Waals surface area (Å²) in [5, 5.41) is 2.78. The average molecular weight is 277 g/mol. The molecule has 0 aromatic heterocycles. The molecule has 0 aliphatic rings. The normalized spacial score (nSPS) is 11.8. The summed E-state index contributed by atoms with van der Waals surface area (Å²) in [5.74, 6) is 0.00711. The molecule has 1 atom stereocenters. The molecular weight excluding hydrogens is 254 g/mol. The van der Waals surface area contributed by atoms with Gasteiger partial charge < -0.3 is 10.1 Å². The van der Waals surface area contributed by atoms with Crippen molar-refractivity contribution >= 4 is 17.6 Å². The second-order valence-electron chi connectivity index (χ2n) is 4.78. The molecule has 0 saturated heterocycles. The predicted molar refractivity (Wildman–Crippen MR) is 79.6 cm³/mol. The van der Waals surface area contributed by atoms with Crippen LogP contribution in [0.4, 0.5) is 5.69 Å². The summed E-state index contributed by atoms with van der Waals surface area (Å²) in [7, 11) is 0. The molecule has 4 heteroatoms. The predicted octanol–water partition coefficient (Wildman–Crippen LogP) is 3.48. The minimum absolute atomic E-state index is 0.116. The Morgan fingerprint density at radius 3 is 2.35 bits per heavy atom. The largest absolute Gasteiger partial charge is 0.466 e. The molecule has 0 aliphatic heterocycles. The van der Waals surface area contributed by atoms with Gasteiger partial charge in [-0.05, 0) is 37.0 Å². The molecule has 1 aromatic rings. The summed E-state index contributed by atoms with van der Waals surface area (Å²) in [5.41, 5.74) is 2.02. The maximum absolute atomic E-state index is 11.7. The molecule has 0 saturated carbocycles. The first-order valence-corrected chi connectivity index (χ1v) is 7.12. The smallest absolute Gasteiger partial charge is 0.306 e. The van der Waals surface area contributed by atoms with Crippen molar-refractivity contribution in [1.29, 1.82) is 0 Å². The Morgan fingerprint density at radius 1 is 1.15 bits per heavy atom. The van der Waals surface area contributed by atoms with E-state index in [0.717, 1.165) is 12.1 Å². The average Bonchev–Trinajstić information content (AvgIpc) is 2.45. The van der Waals surface area contributed by atoms with Crippen LogP contribution in [-0.2, 0) is 14.3 Å². The first-order chi connectivity index (χ1) is 9.56. The molecule has 20 heavy (non-hydrogen) atoms. The zero-order chi connectivity index (χ0) is 15.0. The number of benzene rings is 1. The third kappa shape index (κ3) is 5.43. The Bertz CT molecular complexity index is 440. The van der Waals surface area contributed by atoms with E-state index in [-0.39, 0.29) is 24.7 Å². The number of carbonyl (C=O) groups is 2. The lowest BCUT2D eigenvalue weighted by molar-refractivity contribution is -0.144. The second-order valence-corrected chi connectivity index (χ2v) is 4.78. The topological polar surface area (TPSA) is 55.4 Å². The van der Waals surface area contributed by atoms with Crippen LogP contribution in [0.1, 0.15) is 51.5 Å². The van der Waals surface area contributed by atoms with Crippen molar-refractivity contribution < 1.29 is 14.3 Å². The number of anilines is 1. The number of rotatable bonds is 7. The number of hydrogen-bond acceptors (Lipinski definition) is 3. The number of amides is 1. The lowest BCUT2D eigenvalue weighted by Gasteiger charge is -2.10. The monoisotopic (exact) mass is 277 g/mol. The van der Waals surface area contributed by atoms with E-state index in [1.807, 2.05) is 24.3 Å². The summed E-state index contributed by atoms with van der Waals surface area (Å²) in [6.07, 6.45) is 1.35. The zero-order valence-electron chi connectivity index (χ0n) is 12.4. The summed E-state index contributed by atoms with van der Waals surface area (Å²) >= 11 is 0. The molecular formula is C16H23NO3. The highest BCUT2D eigenvalue weighted by Crippen LogP contribution is 2.20. The number of ether oxygens (including phenoxy) is 1. The maximum Gasteiger partial charge on any atom is 0.306 e. The third-order valence-electron chi connectivity index (χ3n) is 3.24. The van der Waals surface area contributed by atoms with Gasteiger partial charge in [-0.25, -0.2) is 0 Å². The van der Waals surface area contributed by atoms with Crippen molar-refractivity contribution in [2.45, 2.75) is 46.0 Å². The van der Waals surface area contributed by atoms with Crippen LogP contribution in [-0.4, -0.2) is 18.5 Å². The fraction of sp³-hybridized carbons (Fsp3) is 0.500. The highest BCUT2D eigenvalue weighted by Gasteiger charge is 2.08. The summed E-state index contributed by atoms with van der Waals surface area (Å²) < 4.78 is 4.78. The van der Waals surface area contributed by atoms with Crippen molar-refractivity contribution in [3.63, 3.8) is 0 Å². The molecule has 0 fully saturated rings. The van der Waals surface area contributed by atoms with Gasteiger partial charge in [-0.2, -0.15) is 0 Å². The van der Waals surface area contributed by atoms with Crippen molar-refractivity contribution in [1.82, 2.24) is 0 Å². The van der Waals surface area contributed by atoms with E-state index in [1.54, 1.807) is 6.92 Å². The summed E-state index contributed by atoms with van der Waals surface area (Å²) in [6.45, 7) is 6.41.